The van der Waals surface area contributed by atoms with Crippen LogP contribution < -0.4 is 0 Å². The van der Waals surface area contributed by atoms with Gasteiger partial charge < -0.3 is 4.74 Å². The minimum Gasteiger partial charge on any atom is -0.462 e. The number of ether oxygens (including phenoxy) is 1. The summed E-state index contributed by atoms with van der Waals surface area (Å²) in [5, 5.41) is 0.725. The topological polar surface area (TPSA) is 39.2 Å². The molecule has 0 bridgehead atoms. The highest BCUT2D eigenvalue weighted by Crippen LogP contribution is 2.37. The molecule has 0 saturated carbocycles. The third-order valence-corrected chi connectivity index (χ3v) is 3.95. The molecule has 1 aliphatic carbocycles. The number of fused-ring (bicyclic) bond motifs is 3. The molecule has 1 heterocycles. The van der Waals surface area contributed by atoms with Crippen LogP contribution >= 0.6 is 11.6 Å². The van der Waals surface area contributed by atoms with Crippen LogP contribution in [0.15, 0.2) is 24.3 Å². The van der Waals surface area contributed by atoms with Crippen molar-refractivity contribution >= 4 is 17.6 Å². The molecule has 3 nitrogen and oxygen atoms in total. The summed E-state index contributed by atoms with van der Waals surface area (Å²) in [4.78, 5) is 16.8. The lowest BCUT2D eigenvalue weighted by Gasteiger charge is -2.09. The fourth-order valence-corrected chi connectivity index (χ4v) is 2.96. The summed E-state index contributed by atoms with van der Waals surface area (Å²) < 4.78 is 5.13. The second-order valence-corrected chi connectivity index (χ2v) is 5.48. The van der Waals surface area contributed by atoms with Crippen LogP contribution in [-0.4, -0.2) is 17.6 Å². The lowest BCUT2D eigenvalue weighted by molar-refractivity contribution is 0.0524. The number of rotatable bonds is 3. The first kappa shape index (κ1) is 14.1. The van der Waals surface area contributed by atoms with E-state index < -0.39 is 0 Å². The van der Waals surface area contributed by atoms with Crippen molar-refractivity contribution < 1.29 is 9.53 Å². The monoisotopic (exact) mass is 301 g/mol. The molecule has 0 unspecified atom stereocenters. The summed E-state index contributed by atoms with van der Waals surface area (Å²) in [5.41, 5.74) is 5.67. The third-order valence-electron chi connectivity index (χ3n) is 3.71. The molecule has 0 amide bonds. The predicted octanol–water partition coefficient (Wildman–Crippen LogP) is 4.05. The number of carbonyl (C=O) groups excluding carboxylic acids is 1. The maximum absolute atomic E-state index is 12.1. The maximum atomic E-state index is 12.1. The van der Waals surface area contributed by atoms with Gasteiger partial charge in [-0.15, -0.1) is 0 Å². The maximum Gasteiger partial charge on any atom is 0.339 e. The molecular formula is C17H16ClNO2. The van der Waals surface area contributed by atoms with Crippen LogP contribution in [0.5, 0.6) is 0 Å². The first-order valence-corrected chi connectivity index (χ1v) is 7.50. The quantitative estimate of drug-likeness (QED) is 0.685. The number of aryl methyl sites for hydroxylation is 1. The van der Waals surface area contributed by atoms with Gasteiger partial charge in [-0.2, -0.15) is 0 Å². The Hall–Kier alpha value is -1.87. The summed E-state index contributed by atoms with van der Waals surface area (Å²) in [6.07, 6.45) is 1.46. The highest BCUT2D eigenvalue weighted by molar-refractivity contribution is 6.30. The van der Waals surface area contributed by atoms with Crippen LogP contribution in [0.2, 0.25) is 5.02 Å². The van der Waals surface area contributed by atoms with Crippen molar-refractivity contribution in [3.8, 4) is 11.3 Å². The largest absolute Gasteiger partial charge is 0.462 e. The van der Waals surface area contributed by atoms with E-state index in [4.69, 9.17) is 21.3 Å². The van der Waals surface area contributed by atoms with Gasteiger partial charge in [-0.3, -0.25) is 4.98 Å². The first-order chi connectivity index (χ1) is 10.1. The van der Waals surface area contributed by atoms with Crippen LogP contribution in [0.1, 0.15) is 41.0 Å². The molecule has 3 rings (SSSR count). The lowest BCUT2D eigenvalue weighted by atomic mass is 10.1. The molecule has 0 radical (unpaired) electrons. The van der Waals surface area contributed by atoms with E-state index in [1.165, 1.54) is 0 Å². The normalized spacial score (nSPS) is 12.0. The number of halogens is 1. The van der Waals surface area contributed by atoms with Crippen molar-refractivity contribution in [3.63, 3.8) is 0 Å². The van der Waals surface area contributed by atoms with E-state index in [0.29, 0.717) is 18.6 Å². The van der Waals surface area contributed by atoms with Gasteiger partial charge in [0.25, 0.3) is 0 Å². The van der Waals surface area contributed by atoms with E-state index in [9.17, 15) is 4.79 Å². The van der Waals surface area contributed by atoms with E-state index in [2.05, 4.69) is 0 Å². The number of carbonyl (C=O) groups is 1. The highest BCUT2D eigenvalue weighted by atomic mass is 35.5. The average Bonchev–Trinajstić information content (AvgIpc) is 2.82. The van der Waals surface area contributed by atoms with Gasteiger partial charge in [-0.25, -0.2) is 4.79 Å². The molecule has 0 aliphatic heterocycles. The van der Waals surface area contributed by atoms with Crippen LogP contribution in [-0.2, 0) is 17.6 Å². The first-order valence-electron chi connectivity index (χ1n) is 7.12. The molecule has 1 aromatic carbocycles. The van der Waals surface area contributed by atoms with Gasteiger partial charge in [0.1, 0.15) is 0 Å². The summed E-state index contributed by atoms with van der Waals surface area (Å²) in [5.74, 6) is -0.293. The summed E-state index contributed by atoms with van der Waals surface area (Å²) in [7, 11) is 0. The Kier molecular flexibility index (Phi) is 3.68. The van der Waals surface area contributed by atoms with E-state index in [1.807, 2.05) is 38.1 Å². The zero-order chi connectivity index (χ0) is 15.0. The zero-order valence-corrected chi connectivity index (χ0v) is 12.8. The molecule has 0 fully saturated rings. The van der Waals surface area contributed by atoms with Gasteiger partial charge in [0.2, 0.25) is 0 Å². The smallest absolute Gasteiger partial charge is 0.339 e. The molecule has 0 saturated heterocycles. The average molecular weight is 302 g/mol. The number of nitrogens with zero attached hydrogens (tertiary/aromatic N) is 1. The number of pyridine rings is 1. The second kappa shape index (κ2) is 5.49. The number of aromatic nitrogens is 1. The van der Waals surface area contributed by atoms with Gasteiger partial charge in [0.15, 0.2) is 0 Å². The predicted molar refractivity (Wildman–Crippen MR) is 82.8 cm³/mol. The summed E-state index contributed by atoms with van der Waals surface area (Å²) >= 11 is 6.05. The van der Waals surface area contributed by atoms with Gasteiger partial charge in [0, 0.05) is 17.0 Å². The van der Waals surface area contributed by atoms with Gasteiger partial charge in [0.05, 0.1) is 23.6 Å². The minimum atomic E-state index is -0.293. The van der Waals surface area contributed by atoms with Gasteiger partial charge >= 0.3 is 5.97 Å². The molecule has 0 N–H and O–H groups in total. The molecule has 0 spiro atoms. The Morgan fingerprint density at radius 1 is 1.29 bits per heavy atom. The summed E-state index contributed by atoms with van der Waals surface area (Å²) in [6, 6.07) is 7.77. The molecule has 108 valence electrons. The molecule has 21 heavy (non-hydrogen) atoms. The SMILES string of the molecule is CCOC(=O)c1cc2c(nc1CC)-c1ccc(Cl)cc1C2. The molecular weight excluding hydrogens is 286 g/mol. The van der Waals surface area contributed by atoms with Crippen molar-refractivity contribution in [2.75, 3.05) is 6.61 Å². The van der Waals surface area contributed by atoms with Crippen LogP contribution in [0.4, 0.5) is 0 Å². The molecule has 1 aromatic heterocycles. The van der Waals surface area contributed by atoms with Gasteiger partial charge in [-0.1, -0.05) is 24.6 Å². The molecule has 4 heteroatoms. The van der Waals surface area contributed by atoms with Crippen LogP contribution in [0.25, 0.3) is 11.3 Å². The molecule has 1 aliphatic rings. The number of hydrogen-bond acceptors (Lipinski definition) is 3. The highest BCUT2D eigenvalue weighted by Gasteiger charge is 2.24. The van der Waals surface area contributed by atoms with Gasteiger partial charge in [-0.05, 0) is 42.7 Å². The zero-order valence-electron chi connectivity index (χ0n) is 12.1. The Balaban J connectivity index is 2.11. The van der Waals surface area contributed by atoms with Crippen molar-refractivity contribution in [1.82, 2.24) is 4.98 Å². The van der Waals surface area contributed by atoms with Crippen molar-refractivity contribution in [3.05, 3.63) is 51.7 Å². The standard InChI is InChI=1S/C17H16ClNO2/c1-3-15-14(17(20)21-4-2)9-11-7-10-8-12(18)5-6-13(10)16(11)19-15/h5-6,8-9H,3-4,7H2,1-2H3. The van der Waals surface area contributed by atoms with E-state index in [1.54, 1.807) is 0 Å². The van der Waals surface area contributed by atoms with Crippen molar-refractivity contribution in [2.24, 2.45) is 0 Å². The van der Waals surface area contributed by atoms with E-state index >= 15 is 0 Å². The van der Waals surface area contributed by atoms with Crippen molar-refractivity contribution in [2.45, 2.75) is 26.7 Å². The molecule has 0 atom stereocenters. The van der Waals surface area contributed by atoms with E-state index in [0.717, 1.165) is 39.5 Å². The number of esters is 1. The van der Waals surface area contributed by atoms with E-state index in [-0.39, 0.29) is 5.97 Å². The Morgan fingerprint density at radius 2 is 2.10 bits per heavy atom. The van der Waals surface area contributed by atoms with Crippen LogP contribution in [0, 0.1) is 0 Å². The summed E-state index contributed by atoms with van der Waals surface area (Å²) in [6.45, 7) is 4.17. The Labute approximate surface area is 128 Å². The Morgan fingerprint density at radius 3 is 2.81 bits per heavy atom. The number of benzene rings is 1. The molecule has 2 aromatic rings. The third kappa shape index (κ3) is 2.42. The fraction of sp³-hybridized carbons (Fsp3) is 0.294. The Bertz CT molecular complexity index is 725. The minimum absolute atomic E-state index is 0.293. The van der Waals surface area contributed by atoms with Crippen molar-refractivity contribution in [1.29, 1.82) is 0 Å². The fourth-order valence-electron chi connectivity index (χ4n) is 2.76. The second-order valence-electron chi connectivity index (χ2n) is 5.04. The van der Waals surface area contributed by atoms with Crippen LogP contribution in [0.3, 0.4) is 0 Å². The lowest BCUT2D eigenvalue weighted by Crippen LogP contribution is -2.10. The number of hydrogen-bond donors (Lipinski definition) is 0.